The molecule has 1 aliphatic rings. The molecule has 0 bridgehead atoms. The fourth-order valence-electron chi connectivity index (χ4n) is 1.58. The number of fused-ring (bicyclic) bond motifs is 1. The number of hydrogen-bond acceptors (Lipinski definition) is 2. The van der Waals surface area contributed by atoms with E-state index in [1.54, 1.807) is 6.07 Å². The van der Waals surface area contributed by atoms with E-state index >= 15 is 0 Å². The van der Waals surface area contributed by atoms with Crippen LogP contribution in [0, 0.1) is 0 Å². The van der Waals surface area contributed by atoms with E-state index < -0.39 is 5.97 Å². The van der Waals surface area contributed by atoms with E-state index in [1.807, 2.05) is 0 Å². The molecule has 12 heavy (non-hydrogen) atoms. The lowest BCUT2D eigenvalue weighted by molar-refractivity contribution is 0.0690. The van der Waals surface area contributed by atoms with Crippen LogP contribution in [0.4, 0.5) is 0 Å². The number of hydrogen-bond donors (Lipinski definition) is 3. The Bertz CT molecular complexity index is 306. The number of aliphatic hydroxyl groups excluding tert-OH is 1. The topological polar surface area (TPSA) is 73.3 Å². The van der Waals surface area contributed by atoms with Crippen LogP contribution in [0.5, 0.6) is 0 Å². The fourth-order valence-corrected chi connectivity index (χ4v) is 1.58. The summed E-state index contributed by atoms with van der Waals surface area (Å²) in [4.78, 5) is 13.3. The lowest BCUT2D eigenvalue weighted by Crippen LogP contribution is -2.06. The highest BCUT2D eigenvalue weighted by Gasteiger charge is 2.23. The van der Waals surface area contributed by atoms with Gasteiger partial charge in [-0.1, -0.05) is 0 Å². The number of H-pyrrole nitrogens is 1. The van der Waals surface area contributed by atoms with Gasteiger partial charge < -0.3 is 15.2 Å². The summed E-state index contributed by atoms with van der Waals surface area (Å²) in [5, 5.41) is 17.8. The molecule has 1 aliphatic carbocycles. The van der Waals surface area contributed by atoms with Gasteiger partial charge in [-0.3, -0.25) is 0 Å². The first kappa shape index (κ1) is 7.36. The van der Waals surface area contributed by atoms with E-state index in [2.05, 4.69) is 4.98 Å². The summed E-state index contributed by atoms with van der Waals surface area (Å²) in [5.41, 5.74) is 2.01. The first-order chi connectivity index (χ1) is 5.66. The number of carboxylic acid groups (broad SMARTS) is 1. The molecule has 0 unspecified atom stereocenters. The third kappa shape index (κ3) is 1.00. The van der Waals surface area contributed by atoms with E-state index in [-0.39, 0.29) is 11.8 Å². The number of aromatic carboxylic acids is 1. The second-order valence-corrected chi connectivity index (χ2v) is 3.05. The van der Waals surface area contributed by atoms with Crippen LogP contribution in [0.15, 0.2) is 6.07 Å². The first-order valence-electron chi connectivity index (χ1n) is 3.79. The van der Waals surface area contributed by atoms with E-state index in [9.17, 15) is 9.90 Å². The molecule has 4 nitrogen and oxygen atoms in total. The standard InChI is InChI=1S/C8H9NO3/c10-5-1-4-2-7(8(11)12)9-6(4)3-5/h2,5,9-10H,1,3H2,(H,11,12)/t5-/m1/s1. The maximum absolute atomic E-state index is 10.5. The smallest absolute Gasteiger partial charge is 0.352 e. The highest BCUT2D eigenvalue weighted by molar-refractivity contribution is 5.86. The molecule has 0 aliphatic heterocycles. The Labute approximate surface area is 68.8 Å². The van der Waals surface area contributed by atoms with Crippen LogP contribution in [0.1, 0.15) is 21.7 Å². The summed E-state index contributed by atoms with van der Waals surface area (Å²) in [7, 11) is 0. The Morgan fingerprint density at radius 3 is 2.92 bits per heavy atom. The van der Waals surface area contributed by atoms with Gasteiger partial charge in [-0.15, -0.1) is 0 Å². The van der Waals surface area contributed by atoms with Crippen molar-refractivity contribution >= 4 is 5.97 Å². The maximum Gasteiger partial charge on any atom is 0.352 e. The van der Waals surface area contributed by atoms with Gasteiger partial charge >= 0.3 is 5.97 Å². The summed E-state index contributed by atoms with van der Waals surface area (Å²) in [6.45, 7) is 0. The molecule has 0 radical (unpaired) electrons. The van der Waals surface area contributed by atoms with Crippen molar-refractivity contribution in [2.24, 2.45) is 0 Å². The van der Waals surface area contributed by atoms with Gasteiger partial charge in [-0.25, -0.2) is 4.79 Å². The number of carboxylic acids is 1. The number of carbonyl (C=O) groups is 1. The maximum atomic E-state index is 10.5. The molecule has 3 N–H and O–H groups in total. The number of rotatable bonds is 1. The number of aromatic amines is 1. The molecule has 1 aromatic heterocycles. The van der Waals surface area contributed by atoms with Crippen molar-refractivity contribution in [1.29, 1.82) is 0 Å². The molecule has 0 saturated heterocycles. The fraction of sp³-hybridized carbons (Fsp3) is 0.375. The van der Waals surface area contributed by atoms with Gasteiger partial charge in [0, 0.05) is 18.5 Å². The van der Waals surface area contributed by atoms with Gasteiger partial charge in [0.1, 0.15) is 5.69 Å². The third-order valence-electron chi connectivity index (χ3n) is 2.12. The summed E-state index contributed by atoms with van der Waals surface area (Å²) < 4.78 is 0. The van der Waals surface area contributed by atoms with Crippen molar-refractivity contribution in [2.75, 3.05) is 0 Å². The molecule has 1 aromatic rings. The molecule has 0 spiro atoms. The Morgan fingerprint density at radius 1 is 1.58 bits per heavy atom. The van der Waals surface area contributed by atoms with E-state index in [0.29, 0.717) is 12.8 Å². The molecule has 0 saturated carbocycles. The molecule has 4 heteroatoms. The molecule has 0 aromatic carbocycles. The second-order valence-electron chi connectivity index (χ2n) is 3.05. The van der Waals surface area contributed by atoms with Gasteiger partial charge in [-0.05, 0) is 11.6 Å². The molecule has 64 valence electrons. The third-order valence-corrected chi connectivity index (χ3v) is 2.12. The van der Waals surface area contributed by atoms with Crippen molar-refractivity contribution in [3.8, 4) is 0 Å². The summed E-state index contributed by atoms with van der Waals surface area (Å²) in [6, 6.07) is 1.59. The zero-order valence-electron chi connectivity index (χ0n) is 6.37. The predicted molar refractivity (Wildman–Crippen MR) is 41.2 cm³/mol. The van der Waals surface area contributed by atoms with Crippen LogP contribution in [-0.2, 0) is 12.8 Å². The molecule has 0 amide bonds. The normalized spacial score (nSPS) is 20.9. The lowest BCUT2D eigenvalue weighted by atomic mass is 10.2. The van der Waals surface area contributed by atoms with Crippen molar-refractivity contribution in [1.82, 2.24) is 4.98 Å². The van der Waals surface area contributed by atoms with Crippen LogP contribution in [0.25, 0.3) is 0 Å². The number of aromatic nitrogens is 1. The zero-order chi connectivity index (χ0) is 8.72. The van der Waals surface area contributed by atoms with Crippen LogP contribution >= 0.6 is 0 Å². The Hall–Kier alpha value is -1.29. The minimum absolute atomic E-state index is 0.215. The van der Waals surface area contributed by atoms with Gasteiger partial charge in [0.25, 0.3) is 0 Å². The minimum Gasteiger partial charge on any atom is -0.477 e. The highest BCUT2D eigenvalue weighted by Crippen LogP contribution is 2.22. The molecule has 1 heterocycles. The second kappa shape index (κ2) is 2.35. The van der Waals surface area contributed by atoms with Crippen LogP contribution < -0.4 is 0 Å². The lowest BCUT2D eigenvalue weighted by Gasteiger charge is -1.96. The van der Waals surface area contributed by atoms with E-state index in [0.717, 1.165) is 11.3 Å². The Morgan fingerprint density at radius 2 is 2.33 bits per heavy atom. The van der Waals surface area contributed by atoms with Crippen molar-refractivity contribution in [3.63, 3.8) is 0 Å². The van der Waals surface area contributed by atoms with E-state index in [4.69, 9.17) is 5.11 Å². The van der Waals surface area contributed by atoms with Gasteiger partial charge in [0.2, 0.25) is 0 Å². The first-order valence-corrected chi connectivity index (χ1v) is 3.79. The van der Waals surface area contributed by atoms with Crippen LogP contribution in [0.2, 0.25) is 0 Å². The van der Waals surface area contributed by atoms with Gasteiger partial charge in [-0.2, -0.15) is 0 Å². The van der Waals surface area contributed by atoms with Crippen molar-refractivity contribution in [3.05, 3.63) is 23.0 Å². The van der Waals surface area contributed by atoms with Gasteiger partial charge in [0.05, 0.1) is 6.10 Å². The summed E-state index contributed by atoms with van der Waals surface area (Å²) in [6.07, 6.45) is 0.774. The Kier molecular flexibility index (Phi) is 1.44. The highest BCUT2D eigenvalue weighted by atomic mass is 16.4. The van der Waals surface area contributed by atoms with E-state index in [1.165, 1.54) is 0 Å². The summed E-state index contributed by atoms with van der Waals surface area (Å²) in [5.74, 6) is -0.945. The predicted octanol–water partition coefficient (Wildman–Crippen LogP) is 0.172. The Balaban J connectivity index is 2.34. The number of aliphatic hydroxyl groups is 1. The number of nitrogens with one attached hydrogen (secondary N) is 1. The summed E-state index contributed by atoms with van der Waals surface area (Å²) >= 11 is 0. The molecule has 1 atom stereocenters. The largest absolute Gasteiger partial charge is 0.477 e. The SMILES string of the molecule is O=C(O)c1cc2c([nH]1)C[C@H](O)C2. The quantitative estimate of drug-likeness (QED) is 0.558. The molecule has 0 fully saturated rings. The molecular formula is C8H9NO3. The monoisotopic (exact) mass is 167 g/mol. The van der Waals surface area contributed by atoms with Crippen molar-refractivity contribution in [2.45, 2.75) is 18.9 Å². The average Bonchev–Trinajstić information content (AvgIpc) is 2.42. The minimum atomic E-state index is -0.945. The van der Waals surface area contributed by atoms with Crippen LogP contribution in [0.3, 0.4) is 0 Å². The van der Waals surface area contributed by atoms with Crippen molar-refractivity contribution < 1.29 is 15.0 Å². The molecular weight excluding hydrogens is 158 g/mol. The molecule has 2 rings (SSSR count). The zero-order valence-corrected chi connectivity index (χ0v) is 6.37. The van der Waals surface area contributed by atoms with Crippen LogP contribution in [-0.4, -0.2) is 27.3 Å². The average molecular weight is 167 g/mol. The van der Waals surface area contributed by atoms with Gasteiger partial charge in [0.15, 0.2) is 0 Å².